The number of nitrogens with one attached hydrogen (secondary N) is 2. The minimum absolute atomic E-state index is 0.232. The molecule has 1 atom stereocenters. The number of carbonyl (C=O) groups is 1. The Hall–Kier alpha value is -4.24. The first-order chi connectivity index (χ1) is 18.6. The molecule has 1 saturated heterocycles. The highest BCUT2D eigenvalue weighted by molar-refractivity contribution is 6.08. The molecule has 9 nitrogen and oxygen atoms in total. The molecule has 6 rings (SSSR count). The molecule has 1 aromatic carbocycles. The van der Waals surface area contributed by atoms with E-state index in [1.54, 1.807) is 10.6 Å². The molecule has 2 N–H and O–H groups in total. The van der Waals surface area contributed by atoms with E-state index in [-0.39, 0.29) is 5.91 Å². The number of ether oxygens (including phenoxy) is 1. The highest BCUT2D eigenvalue weighted by Crippen LogP contribution is 2.29. The normalized spacial score (nSPS) is 15.4. The smallest absolute Gasteiger partial charge is 0.274 e. The second kappa shape index (κ2) is 10.3. The lowest BCUT2D eigenvalue weighted by Crippen LogP contribution is -2.28. The number of nitrogens with zero attached hydrogens (tertiary/aromatic N) is 5. The van der Waals surface area contributed by atoms with Crippen LogP contribution < -0.4 is 15.4 Å². The molecule has 0 aliphatic carbocycles. The lowest BCUT2D eigenvalue weighted by molar-refractivity contribution is 0.102. The summed E-state index contributed by atoms with van der Waals surface area (Å²) in [7, 11) is 0. The van der Waals surface area contributed by atoms with Gasteiger partial charge in [-0.05, 0) is 63.1 Å². The number of anilines is 1. The Bertz CT molecular complexity index is 1610. The summed E-state index contributed by atoms with van der Waals surface area (Å²) >= 11 is 0. The summed E-state index contributed by atoms with van der Waals surface area (Å²) in [4.78, 5) is 22.5. The minimum Gasteiger partial charge on any atom is -0.492 e. The number of carbonyl (C=O) groups excluding carboxylic acids is 1. The van der Waals surface area contributed by atoms with Crippen molar-refractivity contribution in [1.82, 2.24) is 29.5 Å². The molecule has 38 heavy (non-hydrogen) atoms. The zero-order valence-corrected chi connectivity index (χ0v) is 21.6. The van der Waals surface area contributed by atoms with Crippen molar-refractivity contribution in [1.29, 1.82) is 0 Å². The van der Waals surface area contributed by atoms with Crippen molar-refractivity contribution in [3.05, 3.63) is 83.7 Å². The molecule has 5 aromatic rings. The van der Waals surface area contributed by atoms with Crippen molar-refractivity contribution in [2.75, 3.05) is 18.5 Å². The largest absolute Gasteiger partial charge is 0.492 e. The van der Waals surface area contributed by atoms with E-state index in [1.165, 1.54) is 6.42 Å². The third-order valence-corrected chi connectivity index (χ3v) is 7.02. The fourth-order valence-corrected chi connectivity index (χ4v) is 5.12. The molecule has 0 bridgehead atoms. The van der Waals surface area contributed by atoms with Crippen LogP contribution in [0.4, 0.5) is 5.69 Å². The number of aromatic nitrogens is 5. The molecule has 1 fully saturated rings. The summed E-state index contributed by atoms with van der Waals surface area (Å²) in [5.74, 6) is 0.514. The number of rotatable bonds is 8. The van der Waals surface area contributed by atoms with Crippen LogP contribution in [0.25, 0.3) is 16.6 Å². The number of amides is 1. The number of imidazole rings is 1. The van der Waals surface area contributed by atoms with E-state index in [1.807, 2.05) is 66.3 Å². The van der Waals surface area contributed by atoms with Gasteiger partial charge in [-0.2, -0.15) is 5.10 Å². The van der Waals surface area contributed by atoms with Crippen LogP contribution in [0.15, 0.2) is 60.9 Å². The van der Waals surface area contributed by atoms with Crippen LogP contribution >= 0.6 is 0 Å². The second-order valence-electron chi connectivity index (χ2n) is 9.72. The molecule has 9 heteroatoms. The van der Waals surface area contributed by atoms with Gasteiger partial charge in [0.15, 0.2) is 0 Å². The van der Waals surface area contributed by atoms with Crippen LogP contribution in [0.3, 0.4) is 0 Å². The van der Waals surface area contributed by atoms with Gasteiger partial charge in [0, 0.05) is 29.4 Å². The molecule has 194 valence electrons. The number of hydrogen-bond donors (Lipinski definition) is 2. The van der Waals surface area contributed by atoms with Crippen molar-refractivity contribution in [2.24, 2.45) is 0 Å². The maximum absolute atomic E-state index is 13.4. The van der Waals surface area contributed by atoms with E-state index in [4.69, 9.17) is 9.84 Å². The van der Waals surface area contributed by atoms with Gasteiger partial charge in [-0.25, -0.2) is 4.98 Å². The fraction of sp³-hybridized carbons (Fsp3) is 0.310. The van der Waals surface area contributed by atoms with Gasteiger partial charge in [0.25, 0.3) is 5.91 Å². The maximum atomic E-state index is 13.4. The molecule has 0 spiro atoms. The Labute approximate surface area is 220 Å². The fourth-order valence-electron chi connectivity index (χ4n) is 5.12. The van der Waals surface area contributed by atoms with Crippen LogP contribution in [-0.4, -0.2) is 49.2 Å². The highest BCUT2D eigenvalue weighted by Gasteiger charge is 2.19. The first kappa shape index (κ1) is 24.1. The van der Waals surface area contributed by atoms with E-state index in [0.717, 1.165) is 58.8 Å². The lowest BCUT2D eigenvalue weighted by atomic mass is 10.1. The van der Waals surface area contributed by atoms with Gasteiger partial charge in [0.05, 0.1) is 35.3 Å². The predicted octanol–water partition coefficient (Wildman–Crippen LogP) is 4.38. The Balaban J connectivity index is 1.25. The number of benzene rings is 1. The Morgan fingerprint density at radius 1 is 1.21 bits per heavy atom. The van der Waals surface area contributed by atoms with E-state index < -0.39 is 0 Å². The summed E-state index contributed by atoms with van der Waals surface area (Å²) in [6, 6.07) is 16.0. The number of fused-ring (bicyclic) bond motifs is 2. The summed E-state index contributed by atoms with van der Waals surface area (Å²) < 4.78 is 9.70. The van der Waals surface area contributed by atoms with Crippen LogP contribution in [0.1, 0.15) is 47.3 Å². The van der Waals surface area contributed by atoms with Gasteiger partial charge >= 0.3 is 0 Å². The molecule has 1 aliphatic rings. The summed E-state index contributed by atoms with van der Waals surface area (Å²) in [5.41, 5.74) is 5.65. The van der Waals surface area contributed by atoms with E-state index in [2.05, 4.69) is 27.5 Å². The predicted molar refractivity (Wildman–Crippen MR) is 147 cm³/mol. The molecule has 0 radical (unpaired) electrons. The summed E-state index contributed by atoms with van der Waals surface area (Å²) in [5, 5.41) is 12.3. The molecule has 0 unspecified atom stereocenters. The molecule has 1 amide bonds. The van der Waals surface area contributed by atoms with Crippen molar-refractivity contribution in [2.45, 2.75) is 45.7 Å². The number of aryl methyl sites for hydroxylation is 2. The van der Waals surface area contributed by atoms with E-state index in [9.17, 15) is 4.79 Å². The van der Waals surface area contributed by atoms with Crippen molar-refractivity contribution < 1.29 is 9.53 Å². The monoisotopic (exact) mass is 509 g/mol. The van der Waals surface area contributed by atoms with E-state index >= 15 is 0 Å². The average Bonchev–Trinajstić information content (AvgIpc) is 3.67. The van der Waals surface area contributed by atoms with Crippen LogP contribution in [0.2, 0.25) is 0 Å². The van der Waals surface area contributed by atoms with E-state index in [0.29, 0.717) is 30.5 Å². The van der Waals surface area contributed by atoms with Gasteiger partial charge in [-0.1, -0.05) is 19.1 Å². The highest BCUT2D eigenvalue weighted by atomic mass is 16.5. The number of hydrogen-bond acceptors (Lipinski definition) is 6. The Morgan fingerprint density at radius 3 is 2.92 bits per heavy atom. The van der Waals surface area contributed by atoms with Crippen molar-refractivity contribution in [3.8, 4) is 5.75 Å². The molecule has 4 aromatic heterocycles. The van der Waals surface area contributed by atoms with Gasteiger partial charge < -0.3 is 15.4 Å². The topological polar surface area (TPSA) is 98.4 Å². The van der Waals surface area contributed by atoms with Crippen LogP contribution in [0, 0.1) is 6.92 Å². The maximum Gasteiger partial charge on any atom is 0.274 e. The third-order valence-electron chi connectivity index (χ3n) is 7.02. The van der Waals surface area contributed by atoms with Gasteiger partial charge in [0.1, 0.15) is 23.7 Å². The molecular weight excluding hydrogens is 478 g/mol. The van der Waals surface area contributed by atoms with Gasteiger partial charge in [0.2, 0.25) is 0 Å². The SMILES string of the molecule is CCc1nn(Cc2cccc(C)n2)c2cccc(NC(=O)c3cnc4cc(OC[C@@H]5CCCN5)ccn34)c12. The van der Waals surface area contributed by atoms with Crippen LogP contribution in [0.5, 0.6) is 5.75 Å². The number of pyridine rings is 2. The average molecular weight is 510 g/mol. The first-order valence-electron chi connectivity index (χ1n) is 13.1. The summed E-state index contributed by atoms with van der Waals surface area (Å²) in [6.45, 7) is 6.29. The summed E-state index contributed by atoms with van der Waals surface area (Å²) in [6.07, 6.45) is 6.49. The van der Waals surface area contributed by atoms with Crippen LogP contribution in [-0.2, 0) is 13.0 Å². The quantitative estimate of drug-likeness (QED) is 0.322. The molecule has 5 heterocycles. The zero-order valence-electron chi connectivity index (χ0n) is 21.6. The van der Waals surface area contributed by atoms with Gasteiger partial charge in [-0.3, -0.25) is 18.9 Å². The lowest BCUT2D eigenvalue weighted by Gasteiger charge is -2.12. The molecule has 0 saturated carbocycles. The molecule has 1 aliphatic heterocycles. The Kier molecular flexibility index (Phi) is 6.51. The zero-order chi connectivity index (χ0) is 26.1. The Morgan fingerprint density at radius 2 is 2.11 bits per heavy atom. The first-order valence-corrected chi connectivity index (χ1v) is 13.1. The standard InChI is InChI=1S/C29H31N7O2/c1-3-23-28-24(10-5-11-25(28)36(34-23)17-20-8-4-7-19(2)32-20)33-29(37)26-16-31-27-15-22(12-14-35(26)27)38-18-21-9-6-13-30-21/h4-5,7-8,10-12,14-16,21,30H,3,6,9,13,17-18H2,1-2H3,(H,33,37)/t21-/m0/s1. The third kappa shape index (κ3) is 4.72. The van der Waals surface area contributed by atoms with Crippen molar-refractivity contribution in [3.63, 3.8) is 0 Å². The second-order valence-corrected chi connectivity index (χ2v) is 9.72. The van der Waals surface area contributed by atoms with Crippen molar-refractivity contribution >= 4 is 28.1 Å². The molecular formula is C29H31N7O2. The minimum atomic E-state index is -0.232. The van der Waals surface area contributed by atoms with Gasteiger partial charge in [-0.15, -0.1) is 0 Å².